The van der Waals surface area contributed by atoms with Crippen molar-refractivity contribution in [2.24, 2.45) is 0 Å². The van der Waals surface area contributed by atoms with Gasteiger partial charge in [0.1, 0.15) is 0 Å². The van der Waals surface area contributed by atoms with Crippen LogP contribution in [0.1, 0.15) is 39.5 Å². The van der Waals surface area contributed by atoms with Crippen LogP contribution in [0.4, 0.5) is 4.79 Å². The van der Waals surface area contributed by atoms with E-state index in [0.29, 0.717) is 6.42 Å². The van der Waals surface area contributed by atoms with Gasteiger partial charge < -0.3 is 5.11 Å². The zero-order valence-electron chi connectivity index (χ0n) is 8.67. The molecule has 4 nitrogen and oxygen atoms in total. The third-order valence-corrected chi connectivity index (χ3v) is 1.84. The molecule has 0 saturated carbocycles. The summed E-state index contributed by atoms with van der Waals surface area (Å²) in [5.74, 6) is -0.136. The molecule has 0 heterocycles. The van der Waals surface area contributed by atoms with Crippen LogP contribution in [0.2, 0.25) is 0 Å². The second-order valence-corrected chi connectivity index (χ2v) is 3.01. The number of amides is 1. The molecule has 0 aromatic carbocycles. The van der Waals surface area contributed by atoms with Gasteiger partial charge in [-0.15, -0.1) is 0 Å². The maximum atomic E-state index is 11.4. The molecular weight excluding hydrogens is 182 g/mol. The largest absolute Gasteiger partial charge is 0.465 e. The van der Waals surface area contributed by atoms with Crippen molar-refractivity contribution in [2.75, 3.05) is 0 Å². The molecular formula is C10H17NO3. The smallest absolute Gasteiger partial charge is 0.409 e. The van der Waals surface area contributed by atoms with Crippen molar-refractivity contribution >= 4 is 11.9 Å². The first-order valence-electron chi connectivity index (χ1n) is 4.81. The third kappa shape index (κ3) is 5.35. The first-order valence-corrected chi connectivity index (χ1v) is 4.81. The molecule has 0 aromatic rings. The third-order valence-electron chi connectivity index (χ3n) is 1.84. The Balaban J connectivity index is 4.00. The molecule has 0 aliphatic carbocycles. The molecule has 14 heavy (non-hydrogen) atoms. The first kappa shape index (κ1) is 12.7. The predicted octanol–water partition coefficient (Wildman–Crippen LogP) is 2.31. The Morgan fingerprint density at radius 1 is 1.36 bits per heavy atom. The molecule has 0 atom stereocenters. The van der Waals surface area contributed by atoms with Crippen molar-refractivity contribution in [1.29, 1.82) is 0 Å². The Kier molecular flexibility index (Phi) is 6.45. The highest BCUT2D eigenvalue weighted by Gasteiger charge is 2.09. The molecule has 0 fully saturated rings. The van der Waals surface area contributed by atoms with Gasteiger partial charge in [0.2, 0.25) is 0 Å². The molecule has 0 radical (unpaired) electrons. The van der Waals surface area contributed by atoms with Crippen LogP contribution in [0.25, 0.3) is 0 Å². The van der Waals surface area contributed by atoms with E-state index in [1.807, 2.05) is 0 Å². The van der Waals surface area contributed by atoms with Gasteiger partial charge in [0.15, 0.2) is 5.78 Å². The molecule has 0 bridgehead atoms. The molecule has 0 spiro atoms. The minimum absolute atomic E-state index is 0.136. The summed E-state index contributed by atoms with van der Waals surface area (Å²) in [5.41, 5.74) is 0.175. The van der Waals surface area contributed by atoms with Crippen LogP contribution in [0.5, 0.6) is 0 Å². The lowest BCUT2D eigenvalue weighted by Gasteiger charge is -2.04. The molecule has 0 aliphatic heterocycles. The minimum Gasteiger partial charge on any atom is -0.465 e. The maximum Gasteiger partial charge on any atom is 0.409 e. The van der Waals surface area contributed by atoms with Crippen LogP contribution in [-0.4, -0.2) is 17.0 Å². The lowest BCUT2D eigenvalue weighted by molar-refractivity contribution is -0.116. The Morgan fingerprint density at radius 2 is 2.00 bits per heavy atom. The van der Waals surface area contributed by atoms with Crippen molar-refractivity contribution in [3.8, 4) is 0 Å². The summed E-state index contributed by atoms with van der Waals surface area (Å²) in [4.78, 5) is 21.7. The topological polar surface area (TPSA) is 66.4 Å². The zero-order valence-corrected chi connectivity index (χ0v) is 8.67. The number of Topliss-reactive ketones (excluding diaryl/α,β-unsaturated/α-hetero) is 1. The number of ketones is 1. The van der Waals surface area contributed by atoms with Gasteiger partial charge in [0.05, 0.1) is 5.70 Å². The summed E-state index contributed by atoms with van der Waals surface area (Å²) in [6.07, 6.45) is 3.56. The highest BCUT2D eigenvalue weighted by Crippen LogP contribution is 2.04. The SMILES string of the molecule is C/C=C(\NC(=O)O)C(=O)CCCCC. The van der Waals surface area contributed by atoms with Crippen LogP contribution >= 0.6 is 0 Å². The van der Waals surface area contributed by atoms with Gasteiger partial charge in [-0.3, -0.25) is 10.1 Å². The van der Waals surface area contributed by atoms with E-state index in [9.17, 15) is 9.59 Å². The van der Waals surface area contributed by atoms with Crippen LogP contribution < -0.4 is 5.32 Å². The van der Waals surface area contributed by atoms with E-state index < -0.39 is 6.09 Å². The summed E-state index contributed by atoms with van der Waals surface area (Å²) < 4.78 is 0. The monoisotopic (exact) mass is 199 g/mol. The number of unbranched alkanes of at least 4 members (excludes halogenated alkanes) is 2. The Hall–Kier alpha value is -1.32. The molecule has 1 amide bonds. The van der Waals surface area contributed by atoms with Crippen LogP contribution in [0.15, 0.2) is 11.8 Å². The highest BCUT2D eigenvalue weighted by atomic mass is 16.4. The fourth-order valence-electron chi connectivity index (χ4n) is 1.09. The average molecular weight is 199 g/mol. The molecule has 0 saturated heterocycles. The van der Waals surface area contributed by atoms with E-state index in [1.165, 1.54) is 6.08 Å². The van der Waals surface area contributed by atoms with Crippen LogP contribution in [0, 0.1) is 0 Å². The minimum atomic E-state index is -1.19. The van der Waals surface area contributed by atoms with Crippen LogP contribution in [-0.2, 0) is 4.79 Å². The number of nitrogens with one attached hydrogen (secondary N) is 1. The van der Waals surface area contributed by atoms with E-state index in [-0.39, 0.29) is 11.5 Å². The number of allylic oxidation sites excluding steroid dienone is 2. The molecule has 0 aromatic heterocycles. The molecule has 4 heteroatoms. The molecule has 0 rings (SSSR count). The van der Waals surface area contributed by atoms with E-state index in [0.717, 1.165) is 19.3 Å². The summed E-state index contributed by atoms with van der Waals surface area (Å²) >= 11 is 0. The quantitative estimate of drug-likeness (QED) is 0.509. The fraction of sp³-hybridized carbons (Fsp3) is 0.600. The van der Waals surface area contributed by atoms with Crippen molar-refractivity contribution in [2.45, 2.75) is 39.5 Å². The van der Waals surface area contributed by atoms with Crippen LogP contribution in [0.3, 0.4) is 0 Å². The summed E-state index contributed by atoms with van der Waals surface area (Å²) in [6.45, 7) is 3.69. The van der Waals surface area contributed by atoms with E-state index >= 15 is 0 Å². The standard InChI is InChI=1S/C10H17NO3/c1-3-5-6-7-9(12)8(4-2)11-10(13)14/h4,11H,3,5-7H2,1-2H3,(H,13,14)/b8-4-. The van der Waals surface area contributed by atoms with Gasteiger partial charge in [0.25, 0.3) is 0 Å². The van der Waals surface area contributed by atoms with Gasteiger partial charge in [-0.1, -0.05) is 25.8 Å². The zero-order chi connectivity index (χ0) is 11.0. The normalized spacial score (nSPS) is 11.1. The van der Waals surface area contributed by atoms with E-state index in [4.69, 9.17) is 5.11 Å². The Labute approximate surface area is 84.0 Å². The summed E-state index contributed by atoms with van der Waals surface area (Å²) in [6, 6.07) is 0. The number of hydrogen-bond acceptors (Lipinski definition) is 2. The summed E-state index contributed by atoms with van der Waals surface area (Å²) in [7, 11) is 0. The second-order valence-electron chi connectivity index (χ2n) is 3.01. The number of carbonyl (C=O) groups excluding carboxylic acids is 1. The van der Waals surface area contributed by atoms with Crippen molar-refractivity contribution in [3.05, 3.63) is 11.8 Å². The highest BCUT2D eigenvalue weighted by molar-refractivity contribution is 5.97. The number of hydrogen-bond donors (Lipinski definition) is 2. The second kappa shape index (κ2) is 7.12. The van der Waals surface area contributed by atoms with E-state index in [2.05, 4.69) is 12.2 Å². The van der Waals surface area contributed by atoms with Crippen molar-refractivity contribution in [1.82, 2.24) is 5.32 Å². The molecule has 80 valence electrons. The molecule has 2 N–H and O–H groups in total. The number of carboxylic acid groups (broad SMARTS) is 1. The lowest BCUT2D eigenvalue weighted by Crippen LogP contribution is -2.25. The lowest BCUT2D eigenvalue weighted by atomic mass is 10.1. The summed E-state index contributed by atoms with van der Waals surface area (Å²) in [5, 5.41) is 10.5. The number of rotatable bonds is 6. The van der Waals surface area contributed by atoms with Crippen molar-refractivity contribution in [3.63, 3.8) is 0 Å². The molecule has 0 unspecified atom stereocenters. The van der Waals surface area contributed by atoms with Gasteiger partial charge in [-0.25, -0.2) is 4.79 Å². The predicted molar refractivity (Wildman–Crippen MR) is 54.1 cm³/mol. The number of carbonyl (C=O) groups is 2. The fourth-order valence-corrected chi connectivity index (χ4v) is 1.09. The van der Waals surface area contributed by atoms with E-state index in [1.54, 1.807) is 6.92 Å². The maximum absolute atomic E-state index is 11.4. The van der Waals surface area contributed by atoms with Gasteiger partial charge in [-0.2, -0.15) is 0 Å². The first-order chi connectivity index (χ1) is 6.61. The average Bonchev–Trinajstić information content (AvgIpc) is 2.14. The van der Waals surface area contributed by atoms with Gasteiger partial charge >= 0.3 is 6.09 Å². The van der Waals surface area contributed by atoms with Crippen molar-refractivity contribution < 1.29 is 14.7 Å². The molecule has 0 aliphatic rings. The Morgan fingerprint density at radius 3 is 2.43 bits per heavy atom. The van der Waals surface area contributed by atoms with Gasteiger partial charge in [0, 0.05) is 6.42 Å². The Bertz CT molecular complexity index is 234. The van der Waals surface area contributed by atoms with Gasteiger partial charge in [-0.05, 0) is 13.3 Å².